The normalized spacial score (nSPS) is 14.9. The third-order valence-corrected chi connectivity index (χ3v) is 5.95. The lowest BCUT2D eigenvalue weighted by Crippen LogP contribution is -2.33. The third kappa shape index (κ3) is 3.73. The highest BCUT2D eigenvalue weighted by atomic mass is 35.5. The molecule has 0 radical (unpaired) electrons. The Balaban J connectivity index is 1.58. The van der Waals surface area contributed by atoms with Crippen LogP contribution in [-0.4, -0.2) is 29.7 Å². The van der Waals surface area contributed by atoms with Gasteiger partial charge in [-0.05, 0) is 37.1 Å². The molecule has 5 nitrogen and oxygen atoms in total. The topological polar surface area (TPSA) is 61.0 Å². The van der Waals surface area contributed by atoms with E-state index in [9.17, 15) is 4.79 Å². The van der Waals surface area contributed by atoms with Gasteiger partial charge in [-0.2, -0.15) is 5.10 Å². The number of hydrogen-bond donors (Lipinski definition) is 2. The molecule has 2 aromatic carbocycles. The Bertz CT molecular complexity index is 966. The largest absolute Gasteiger partial charge is 0.371 e. The Morgan fingerprint density at radius 3 is 2.50 bits per heavy atom. The molecule has 28 heavy (non-hydrogen) atoms. The second kappa shape index (κ2) is 8.25. The molecular weight excluding hydrogens is 395 g/mol. The molecule has 2 N–H and O–H groups in total. The van der Waals surface area contributed by atoms with Gasteiger partial charge in [-0.25, -0.2) is 0 Å². The summed E-state index contributed by atoms with van der Waals surface area (Å²) in [4.78, 5) is 13.6. The maximum atomic E-state index is 11.2. The molecule has 1 aliphatic heterocycles. The number of rotatable bonds is 5. The van der Waals surface area contributed by atoms with Crippen molar-refractivity contribution >= 4 is 41.0 Å². The van der Waals surface area contributed by atoms with Crippen molar-refractivity contribution in [2.24, 2.45) is 0 Å². The lowest BCUT2D eigenvalue weighted by atomic mass is 9.91. The van der Waals surface area contributed by atoms with Crippen LogP contribution in [0.1, 0.15) is 24.5 Å². The van der Waals surface area contributed by atoms with Crippen LogP contribution in [0.5, 0.6) is 0 Å². The minimum absolute atomic E-state index is 0.298. The molecule has 3 aromatic rings. The lowest BCUT2D eigenvalue weighted by Gasteiger charge is -2.33. The highest BCUT2D eigenvalue weighted by molar-refractivity contribution is 6.42. The fourth-order valence-corrected chi connectivity index (χ4v) is 4.07. The molecule has 144 valence electrons. The number of aromatic nitrogens is 2. The zero-order valence-corrected chi connectivity index (χ0v) is 16.7. The van der Waals surface area contributed by atoms with Crippen molar-refractivity contribution < 1.29 is 4.79 Å². The Hall–Kier alpha value is -2.50. The number of anilines is 2. The quantitative estimate of drug-likeness (QED) is 0.554. The Labute approximate surface area is 173 Å². The number of benzene rings is 2. The van der Waals surface area contributed by atoms with Gasteiger partial charge >= 0.3 is 0 Å². The number of amides is 1. The molecule has 1 aliphatic rings. The standard InChI is InChI=1S/C21H20Cl2N4O/c22-17-7-6-15(12-18(17)23)20-21(24-13-28)19(25-26-20)14-8-10-27(11-9-14)16-4-2-1-3-5-16/h1-7,12-14H,8-11H2,(H,24,28)(H,25,26). The van der Waals surface area contributed by atoms with Crippen molar-refractivity contribution in [2.45, 2.75) is 18.8 Å². The highest BCUT2D eigenvalue weighted by Gasteiger charge is 2.26. The fourth-order valence-electron chi connectivity index (χ4n) is 3.77. The second-order valence-electron chi connectivity index (χ2n) is 6.85. The maximum Gasteiger partial charge on any atom is 0.211 e. The van der Waals surface area contributed by atoms with Crippen molar-refractivity contribution in [3.05, 3.63) is 64.3 Å². The number of para-hydroxylation sites is 1. The molecule has 7 heteroatoms. The summed E-state index contributed by atoms with van der Waals surface area (Å²) in [5, 5.41) is 11.4. The summed E-state index contributed by atoms with van der Waals surface area (Å²) >= 11 is 12.2. The van der Waals surface area contributed by atoms with Crippen LogP contribution in [0, 0.1) is 0 Å². The molecule has 0 atom stereocenters. The molecule has 0 spiro atoms. The summed E-state index contributed by atoms with van der Waals surface area (Å²) < 4.78 is 0. The molecule has 1 aromatic heterocycles. The Morgan fingerprint density at radius 2 is 1.82 bits per heavy atom. The first kappa shape index (κ1) is 18.8. The Morgan fingerprint density at radius 1 is 1.07 bits per heavy atom. The number of halogens is 2. The van der Waals surface area contributed by atoms with Crippen LogP contribution in [0.3, 0.4) is 0 Å². The van der Waals surface area contributed by atoms with E-state index in [2.05, 4.69) is 44.7 Å². The molecule has 4 rings (SSSR count). The summed E-state index contributed by atoms with van der Waals surface area (Å²) in [6.07, 6.45) is 2.64. The van der Waals surface area contributed by atoms with E-state index in [-0.39, 0.29) is 0 Å². The van der Waals surface area contributed by atoms with Crippen molar-refractivity contribution in [1.82, 2.24) is 10.2 Å². The molecule has 1 amide bonds. The van der Waals surface area contributed by atoms with Crippen molar-refractivity contribution in [3.63, 3.8) is 0 Å². The molecule has 1 saturated heterocycles. The van der Waals surface area contributed by atoms with E-state index in [4.69, 9.17) is 23.2 Å². The first-order valence-electron chi connectivity index (χ1n) is 9.21. The Kier molecular flexibility index (Phi) is 5.55. The van der Waals surface area contributed by atoms with Gasteiger partial charge in [0, 0.05) is 30.3 Å². The zero-order valence-electron chi connectivity index (χ0n) is 15.2. The summed E-state index contributed by atoms with van der Waals surface area (Å²) in [6, 6.07) is 15.8. The van der Waals surface area contributed by atoms with Gasteiger partial charge in [0.05, 0.1) is 21.4 Å². The minimum atomic E-state index is 0.298. The number of carbonyl (C=O) groups is 1. The molecule has 2 heterocycles. The van der Waals surface area contributed by atoms with Crippen molar-refractivity contribution in [3.8, 4) is 11.3 Å². The third-order valence-electron chi connectivity index (χ3n) is 5.22. The van der Waals surface area contributed by atoms with Gasteiger partial charge in [0.1, 0.15) is 5.69 Å². The number of nitrogens with one attached hydrogen (secondary N) is 2. The van der Waals surface area contributed by atoms with Crippen LogP contribution >= 0.6 is 23.2 Å². The van der Waals surface area contributed by atoms with Gasteiger partial charge < -0.3 is 10.2 Å². The van der Waals surface area contributed by atoms with Crippen LogP contribution < -0.4 is 10.2 Å². The van der Waals surface area contributed by atoms with Gasteiger partial charge in [-0.3, -0.25) is 9.89 Å². The number of piperidine rings is 1. The lowest BCUT2D eigenvalue weighted by molar-refractivity contribution is -0.105. The summed E-state index contributed by atoms with van der Waals surface area (Å²) in [7, 11) is 0. The summed E-state index contributed by atoms with van der Waals surface area (Å²) in [5.41, 5.74) is 4.40. The number of nitrogens with zero attached hydrogens (tertiary/aromatic N) is 2. The maximum absolute atomic E-state index is 11.2. The smallest absolute Gasteiger partial charge is 0.211 e. The SMILES string of the molecule is O=CNc1c(-c2ccc(Cl)c(Cl)c2)n[nH]c1C1CCN(c2ccccc2)CC1. The van der Waals surface area contributed by atoms with Gasteiger partial charge in [-0.1, -0.05) is 47.5 Å². The summed E-state index contributed by atoms with van der Waals surface area (Å²) in [5.74, 6) is 0.298. The van der Waals surface area contributed by atoms with Gasteiger partial charge in [0.25, 0.3) is 0 Å². The van der Waals surface area contributed by atoms with E-state index in [0.717, 1.165) is 37.2 Å². The van der Waals surface area contributed by atoms with Crippen molar-refractivity contribution in [1.29, 1.82) is 0 Å². The molecule has 0 aliphatic carbocycles. The van der Waals surface area contributed by atoms with E-state index in [1.807, 2.05) is 12.1 Å². The first-order valence-corrected chi connectivity index (χ1v) is 9.97. The van der Waals surface area contributed by atoms with Crippen LogP contribution in [-0.2, 0) is 4.79 Å². The molecule has 1 fully saturated rings. The van der Waals surface area contributed by atoms with Crippen molar-refractivity contribution in [2.75, 3.05) is 23.3 Å². The second-order valence-corrected chi connectivity index (χ2v) is 7.66. The number of hydrogen-bond acceptors (Lipinski definition) is 3. The average Bonchev–Trinajstić information content (AvgIpc) is 3.15. The monoisotopic (exact) mass is 414 g/mol. The van der Waals surface area contributed by atoms with Crippen LogP contribution in [0.25, 0.3) is 11.3 Å². The van der Waals surface area contributed by atoms with E-state index in [1.165, 1.54) is 5.69 Å². The van der Waals surface area contributed by atoms with Crippen LogP contribution in [0.2, 0.25) is 10.0 Å². The van der Waals surface area contributed by atoms with Gasteiger partial charge in [0.2, 0.25) is 6.41 Å². The van der Waals surface area contributed by atoms with E-state index < -0.39 is 0 Å². The van der Waals surface area contributed by atoms with E-state index in [0.29, 0.717) is 33.8 Å². The van der Waals surface area contributed by atoms with Gasteiger partial charge in [-0.15, -0.1) is 0 Å². The highest BCUT2D eigenvalue weighted by Crippen LogP contribution is 2.39. The molecule has 0 unspecified atom stereocenters. The fraction of sp³-hybridized carbons (Fsp3) is 0.238. The molecular formula is C21H20Cl2N4O. The molecule has 0 bridgehead atoms. The summed E-state index contributed by atoms with van der Waals surface area (Å²) in [6.45, 7) is 1.91. The van der Waals surface area contributed by atoms with Gasteiger partial charge in [0.15, 0.2) is 0 Å². The zero-order chi connectivity index (χ0) is 19.5. The number of aromatic amines is 1. The number of H-pyrrole nitrogens is 1. The average molecular weight is 415 g/mol. The minimum Gasteiger partial charge on any atom is -0.371 e. The predicted octanol–water partition coefficient (Wildman–Crippen LogP) is 5.34. The van der Waals surface area contributed by atoms with Crippen LogP contribution in [0.15, 0.2) is 48.5 Å². The molecule has 0 saturated carbocycles. The van der Waals surface area contributed by atoms with E-state index in [1.54, 1.807) is 12.1 Å². The first-order chi connectivity index (χ1) is 13.7. The van der Waals surface area contributed by atoms with E-state index >= 15 is 0 Å². The number of carbonyl (C=O) groups excluding carboxylic acids is 1. The van der Waals surface area contributed by atoms with Crippen LogP contribution in [0.4, 0.5) is 11.4 Å². The predicted molar refractivity (Wildman–Crippen MR) is 114 cm³/mol.